The van der Waals surface area contributed by atoms with Crippen LogP contribution in [0.15, 0.2) is 11.6 Å². The highest BCUT2D eigenvalue weighted by atomic mass is 28.4. The Morgan fingerprint density at radius 1 is 1.19 bits per heavy atom. The normalized spacial score (nSPS) is 26.5. The minimum Gasteiger partial charge on any atom is -0.417 e. The zero-order valence-electron chi connectivity index (χ0n) is 18.0. The van der Waals surface area contributed by atoms with E-state index < -0.39 is 8.32 Å². The molecule has 1 fully saturated rings. The largest absolute Gasteiger partial charge is 0.417 e. The molecule has 0 N–H and O–H groups in total. The Labute approximate surface area is 163 Å². The van der Waals surface area contributed by atoms with E-state index in [1.807, 2.05) is 7.11 Å². The molecular weight excluding hydrogens is 336 g/mol. The molecule has 0 amide bonds. The molecule has 2 nitrogen and oxygen atoms in total. The van der Waals surface area contributed by atoms with Crippen LogP contribution in [0, 0.1) is 17.3 Å². The van der Waals surface area contributed by atoms with Crippen LogP contribution in [0.2, 0.25) is 18.1 Å². The number of hydrogen-bond acceptors (Lipinski definition) is 2. The van der Waals surface area contributed by atoms with Crippen LogP contribution < -0.4 is 0 Å². The Morgan fingerprint density at radius 2 is 1.96 bits per heavy atom. The summed E-state index contributed by atoms with van der Waals surface area (Å²) in [4.78, 5) is 0. The molecule has 0 aliphatic heterocycles. The highest BCUT2D eigenvalue weighted by molar-refractivity contribution is 6.74. The van der Waals surface area contributed by atoms with Crippen LogP contribution in [-0.2, 0) is 9.16 Å². The van der Waals surface area contributed by atoms with Crippen molar-refractivity contribution in [2.45, 2.75) is 103 Å². The third kappa shape index (κ3) is 5.03. The second-order valence-corrected chi connectivity index (χ2v) is 14.5. The fraction of sp³-hybridized carbons (Fsp3) is 0.826. The zero-order valence-corrected chi connectivity index (χ0v) is 19.0. The fourth-order valence-electron chi connectivity index (χ4n) is 4.15. The number of rotatable bonds is 6. The summed E-state index contributed by atoms with van der Waals surface area (Å²) in [6.07, 6.45) is 13.5. The topological polar surface area (TPSA) is 18.5 Å². The average molecular weight is 377 g/mol. The lowest BCUT2D eigenvalue weighted by molar-refractivity contribution is -0.0198. The second-order valence-electron chi connectivity index (χ2n) is 9.65. The van der Waals surface area contributed by atoms with Crippen molar-refractivity contribution in [1.82, 2.24) is 0 Å². The van der Waals surface area contributed by atoms with Gasteiger partial charge in [0.25, 0.3) is 0 Å². The predicted octanol–water partition coefficient (Wildman–Crippen LogP) is 6.48. The molecule has 2 aliphatic carbocycles. The Morgan fingerprint density at radius 3 is 2.65 bits per heavy atom. The molecule has 0 radical (unpaired) electrons. The van der Waals surface area contributed by atoms with Gasteiger partial charge in [-0.3, -0.25) is 0 Å². The summed E-state index contributed by atoms with van der Waals surface area (Å²) >= 11 is 0. The number of hydrogen-bond donors (Lipinski definition) is 0. The lowest BCUT2D eigenvalue weighted by atomic mass is 9.67. The van der Waals surface area contributed by atoms with Crippen LogP contribution in [0.3, 0.4) is 0 Å². The maximum absolute atomic E-state index is 6.26. The molecular formula is C23H40O2Si. The predicted molar refractivity (Wildman–Crippen MR) is 114 cm³/mol. The van der Waals surface area contributed by atoms with E-state index in [1.165, 1.54) is 44.1 Å². The van der Waals surface area contributed by atoms with Crippen LogP contribution >= 0.6 is 0 Å². The summed E-state index contributed by atoms with van der Waals surface area (Å²) in [5.74, 6) is 6.99. The van der Waals surface area contributed by atoms with Crippen LogP contribution in [-0.4, -0.2) is 28.1 Å². The monoisotopic (exact) mass is 376 g/mol. The van der Waals surface area contributed by atoms with E-state index in [-0.39, 0.29) is 5.41 Å². The van der Waals surface area contributed by atoms with Crippen molar-refractivity contribution in [2.24, 2.45) is 5.41 Å². The summed E-state index contributed by atoms with van der Waals surface area (Å²) in [5, 5.41) is 0.300. The van der Waals surface area contributed by atoms with E-state index in [2.05, 4.69) is 51.8 Å². The minimum atomic E-state index is -1.59. The first-order chi connectivity index (χ1) is 12.2. The van der Waals surface area contributed by atoms with Crippen LogP contribution in [0.25, 0.3) is 0 Å². The van der Waals surface area contributed by atoms with Crippen LogP contribution in [0.5, 0.6) is 0 Å². The van der Waals surface area contributed by atoms with Crippen LogP contribution in [0.4, 0.5) is 0 Å². The third-order valence-corrected chi connectivity index (χ3v) is 11.4. The quantitative estimate of drug-likeness (QED) is 0.300. The molecule has 0 aromatic rings. The van der Waals surface area contributed by atoms with Gasteiger partial charge in [0, 0.05) is 31.1 Å². The summed E-state index contributed by atoms with van der Waals surface area (Å²) in [7, 11) is 0.286. The molecule has 2 rings (SSSR count). The molecule has 0 heterocycles. The first kappa shape index (κ1) is 21.7. The van der Waals surface area contributed by atoms with Crippen molar-refractivity contribution in [3.05, 3.63) is 11.6 Å². The average Bonchev–Trinajstić information content (AvgIpc) is 2.96. The molecule has 0 aromatic heterocycles. The molecule has 3 heteroatoms. The molecule has 1 saturated carbocycles. The molecule has 0 saturated heterocycles. The third-order valence-electron chi connectivity index (χ3n) is 6.90. The molecule has 0 unspecified atom stereocenters. The Hall–Kier alpha value is -0.563. The van der Waals surface area contributed by atoms with Crippen molar-refractivity contribution in [3.63, 3.8) is 0 Å². The zero-order chi connectivity index (χ0) is 19.3. The van der Waals surface area contributed by atoms with Crippen molar-refractivity contribution in [2.75, 3.05) is 13.7 Å². The molecule has 0 bridgehead atoms. The summed E-state index contributed by atoms with van der Waals surface area (Å²) in [5.41, 5.74) is 1.60. The number of ether oxygens (including phenoxy) is 1. The first-order valence-electron chi connectivity index (χ1n) is 10.6. The lowest BCUT2D eigenvalue weighted by Gasteiger charge is -2.41. The Balaban J connectivity index is 1.78. The van der Waals surface area contributed by atoms with Gasteiger partial charge in [-0.1, -0.05) is 51.5 Å². The van der Waals surface area contributed by atoms with Crippen molar-refractivity contribution < 1.29 is 9.16 Å². The first-order valence-corrected chi connectivity index (χ1v) is 13.5. The summed E-state index contributed by atoms with van der Waals surface area (Å²) in [6, 6.07) is 0. The van der Waals surface area contributed by atoms with Gasteiger partial charge in [-0.25, -0.2) is 0 Å². The number of unbranched alkanes of at least 4 members (excludes halogenated alkanes) is 2. The highest BCUT2D eigenvalue weighted by Crippen LogP contribution is 2.50. The lowest BCUT2D eigenvalue weighted by Crippen LogP contribution is -2.40. The van der Waals surface area contributed by atoms with Gasteiger partial charge in [0.05, 0.1) is 6.10 Å². The van der Waals surface area contributed by atoms with Gasteiger partial charge in [-0.15, -0.1) is 0 Å². The van der Waals surface area contributed by atoms with E-state index in [4.69, 9.17) is 9.16 Å². The molecule has 2 aliphatic rings. The van der Waals surface area contributed by atoms with Gasteiger partial charge in [0.1, 0.15) is 0 Å². The van der Waals surface area contributed by atoms with E-state index >= 15 is 0 Å². The number of methoxy groups -OCH3 is 1. The number of allylic oxidation sites excluding steroid dienone is 1. The van der Waals surface area contributed by atoms with E-state index in [0.29, 0.717) is 11.1 Å². The second kappa shape index (κ2) is 9.09. The minimum absolute atomic E-state index is 0.228. The van der Waals surface area contributed by atoms with Crippen molar-refractivity contribution in [3.8, 4) is 11.8 Å². The highest BCUT2D eigenvalue weighted by Gasteiger charge is 2.45. The standard InChI is InChI=1S/C23H40O2Si/c1-22(2,3)26(5,6)25-19-12-8-7-9-14-20-15-13-18-23(20)17-11-10-16-21(23)24-4/h15,21H,7-8,10-13,16-19H2,1-6H3/t21-,23-/m1/s1. The molecule has 26 heavy (non-hydrogen) atoms. The van der Waals surface area contributed by atoms with Gasteiger partial charge < -0.3 is 9.16 Å². The van der Waals surface area contributed by atoms with E-state index in [9.17, 15) is 0 Å². The van der Waals surface area contributed by atoms with Gasteiger partial charge in [0.2, 0.25) is 0 Å². The fourth-order valence-corrected chi connectivity index (χ4v) is 5.24. The van der Waals surface area contributed by atoms with Crippen molar-refractivity contribution in [1.29, 1.82) is 0 Å². The maximum atomic E-state index is 6.26. The SMILES string of the molecule is CO[C@@H]1CCCC[C@]12CCC=C2C#CCCCCO[Si](C)(C)C(C)(C)C. The molecule has 148 valence electrons. The van der Waals surface area contributed by atoms with Crippen LogP contribution in [0.1, 0.15) is 78.6 Å². The Bertz CT molecular complexity index is 547. The van der Waals surface area contributed by atoms with Gasteiger partial charge in [-0.05, 0) is 56.7 Å². The molecule has 2 atom stereocenters. The maximum Gasteiger partial charge on any atom is 0.191 e. The molecule has 0 aromatic carbocycles. The van der Waals surface area contributed by atoms with Gasteiger partial charge >= 0.3 is 0 Å². The van der Waals surface area contributed by atoms with Gasteiger partial charge in [-0.2, -0.15) is 0 Å². The van der Waals surface area contributed by atoms with E-state index in [0.717, 1.165) is 25.9 Å². The smallest absolute Gasteiger partial charge is 0.191 e. The summed E-state index contributed by atoms with van der Waals surface area (Å²) in [6.45, 7) is 12.4. The van der Waals surface area contributed by atoms with Crippen molar-refractivity contribution >= 4 is 8.32 Å². The summed E-state index contributed by atoms with van der Waals surface area (Å²) < 4.78 is 12.1. The molecule has 1 spiro atoms. The Kier molecular flexibility index (Phi) is 7.59. The van der Waals surface area contributed by atoms with E-state index in [1.54, 1.807) is 0 Å². The van der Waals surface area contributed by atoms with Gasteiger partial charge in [0.15, 0.2) is 8.32 Å².